The minimum atomic E-state index is -0.361. The fourth-order valence-corrected chi connectivity index (χ4v) is 3.04. The number of nitrogen functional groups attached to an aromatic ring is 1. The summed E-state index contributed by atoms with van der Waals surface area (Å²) in [7, 11) is 0. The predicted octanol–water partition coefficient (Wildman–Crippen LogP) is -0.0507. The Morgan fingerprint density at radius 1 is 1.78 bits per heavy atom. The molecular weight excluding hydrogens is 252 g/mol. The fourth-order valence-electron chi connectivity index (χ4n) is 2.33. The third-order valence-electron chi connectivity index (χ3n) is 3.43. The molecule has 1 saturated heterocycles. The first kappa shape index (κ1) is 13.4. The molecule has 0 aromatic carbocycles. The average molecular weight is 270 g/mol. The second kappa shape index (κ2) is 5.75. The number of carbonyl (C=O) groups is 1. The molecule has 1 aliphatic heterocycles. The first-order valence-electron chi connectivity index (χ1n) is 5.96. The van der Waals surface area contributed by atoms with Gasteiger partial charge in [-0.1, -0.05) is 6.92 Å². The van der Waals surface area contributed by atoms with Gasteiger partial charge in [0.05, 0.1) is 12.3 Å². The van der Waals surface area contributed by atoms with Crippen LogP contribution in [0.5, 0.6) is 0 Å². The highest BCUT2D eigenvalue weighted by Gasteiger charge is 2.30. The van der Waals surface area contributed by atoms with E-state index in [1.807, 2.05) is 5.38 Å². The molecule has 1 aromatic rings. The zero-order valence-electron chi connectivity index (χ0n) is 10.3. The van der Waals surface area contributed by atoms with Crippen LogP contribution in [0.2, 0.25) is 0 Å². The van der Waals surface area contributed by atoms with Crippen molar-refractivity contribution in [2.45, 2.75) is 25.9 Å². The van der Waals surface area contributed by atoms with E-state index in [1.54, 1.807) is 0 Å². The second-order valence-corrected chi connectivity index (χ2v) is 5.46. The zero-order chi connectivity index (χ0) is 13.1. The Balaban J connectivity index is 2.01. The summed E-state index contributed by atoms with van der Waals surface area (Å²) in [6, 6.07) is 0.193. The van der Waals surface area contributed by atoms with E-state index >= 15 is 0 Å². The summed E-state index contributed by atoms with van der Waals surface area (Å²) in [5, 5.41) is 11.6. The Hall–Kier alpha value is -1.02. The molecule has 100 valence electrons. The molecule has 1 amide bonds. The van der Waals surface area contributed by atoms with Crippen molar-refractivity contribution in [2.75, 3.05) is 13.2 Å². The number of nitrogens with one attached hydrogen (secondary N) is 1. The number of thiazole rings is 1. The van der Waals surface area contributed by atoms with E-state index < -0.39 is 0 Å². The molecule has 1 aromatic heterocycles. The van der Waals surface area contributed by atoms with E-state index in [0.29, 0.717) is 17.5 Å². The number of nitrogens with two attached hydrogens (primary N) is 1. The number of nitrogens with zero attached hydrogens (tertiary/aromatic N) is 2. The van der Waals surface area contributed by atoms with E-state index in [0.717, 1.165) is 18.7 Å². The summed E-state index contributed by atoms with van der Waals surface area (Å²) in [5.41, 5.74) is 2.92. The molecule has 18 heavy (non-hydrogen) atoms. The van der Waals surface area contributed by atoms with Crippen LogP contribution in [0.15, 0.2) is 5.38 Å². The Bertz CT molecular complexity index is 423. The van der Waals surface area contributed by atoms with Gasteiger partial charge in [-0.3, -0.25) is 15.1 Å². The van der Waals surface area contributed by atoms with Crippen molar-refractivity contribution >= 4 is 17.2 Å². The van der Waals surface area contributed by atoms with E-state index in [4.69, 9.17) is 5.84 Å². The van der Waals surface area contributed by atoms with Gasteiger partial charge in [0.1, 0.15) is 0 Å². The molecule has 6 nitrogen and oxygen atoms in total. The van der Waals surface area contributed by atoms with Crippen LogP contribution in [0.1, 0.15) is 28.8 Å². The lowest BCUT2D eigenvalue weighted by Crippen LogP contribution is -2.34. The number of hydrogen-bond acceptors (Lipinski definition) is 6. The molecule has 7 heteroatoms. The van der Waals surface area contributed by atoms with Crippen molar-refractivity contribution in [3.05, 3.63) is 16.1 Å². The van der Waals surface area contributed by atoms with Gasteiger partial charge >= 0.3 is 0 Å². The standard InChI is InChI=1S/C11H18N4O2S/c1-7-2-3-15(9(7)5-16)4-8-6-18-11(13-8)10(17)14-12/h6-7,9,16H,2-5,12H2,1H3,(H,14,17). The third-order valence-corrected chi connectivity index (χ3v) is 4.32. The van der Waals surface area contributed by atoms with Gasteiger partial charge in [-0.05, 0) is 18.9 Å². The normalized spacial score (nSPS) is 24.4. The first-order chi connectivity index (χ1) is 8.65. The SMILES string of the molecule is CC1CCN(Cc2csc(C(=O)NN)n2)C1CO. The lowest BCUT2D eigenvalue weighted by atomic mass is 10.0. The van der Waals surface area contributed by atoms with Gasteiger partial charge in [-0.15, -0.1) is 11.3 Å². The van der Waals surface area contributed by atoms with Crippen molar-refractivity contribution in [1.29, 1.82) is 0 Å². The average Bonchev–Trinajstić information content (AvgIpc) is 2.96. The zero-order valence-corrected chi connectivity index (χ0v) is 11.1. The number of hydrazine groups is 1. The Morgan fingerprint density at radius 2 is 2.56 bits per heavy atom. The van der Waals surface area contributed by atoms with Crippen LogP contribution in [-0.4, -0.2) is 40.1 Å². The summed E-state index contributed by atoms with van der Waals surface area (Å²) in [4.78, 5) is 17.7. The maximum Gasteiger partial charge on any atom is 0.294 e. The van der Waals surface area contributed by atoms with Gasteiger partial charge < -0.3 is 5.11 Å². The topological polar surface area (TPSA) is 91.5 Å². The molecule has 1 fully saturated rings. The Labute approximate surface area is 110 Å². The van der Waals surface area contributed by atoms with Crippen molar-refractivity contribution in [2.24, 2.45) is 11.8 Å². The molecule has 2 heterocycles. The first-order valence-corrected chi connectivity index (χ1v) is 6.84. The lowest BCUT2D eigenvalue weighted by Gasteiger charge is -2.23. The molecule has 0 radical (unpaired) electrons. The predicted molar refractivity (Wildman–Crippen MR) is 68.8 cm³/mol. The minimum absolute atomic E-state index is 0.168. The van der Waals surface area contributed by atoms with Crippen LogP contribution in [0, 0.1) is 5.92 Å². The summed E-state index contributed by atoms with van der Waals surface area (Å²) in [6.07, 6.45) is 1.09. The smallest absolute Gasteiger partial charge is 0.294 e. The summed E-state index contributed by atoms with van der Waals surface area (Å²) in [6.45, 7) is 3.95. The quantitative estimate of drug-likeness (QED) is 0.405. The highest BCUT2D eigenvalue weighted by Crippen LogP contribution is 2.25. The van der Waals surface area contributed by atoms with E-state index in [-0.39, 0.29) is 18.6 Å². The summed E-state index contributed by atoms with van der Waals surface area (Å²) >= 11 is 1.28. The van der Waals surface area contributed by atoms with Gasteiger partial charge in [0.2, 0.25) is 0 Å². The van der Waals surface area contributed by atoms with Crippen molar-refractivity contribution < 1.29 is 9.90 Å². The van der Waals surface area contributed by atoms with E-state index in [9.17, 15) is 9.90 Å². The molecule has 2 rings (SSSR count). The number of aliphatic hydroxyl groups is 1. The fraction of sp³-hybridized carbons (Fsp3) is 0.636. The van der Waals surface area contributed by atoms with Gasteiger partial charge in [0, 0.05) is 18.0 Å². The second-order valence-electron chi connectivity index (χ2n) is 4.60. The summed E-state index contributed by atoms with van der Waals surface area (Å²) < 4.78 is 0. The van der Waals surface area contributed by atoms with Gasteiger partial charge in [0.25, 0.3) is 5.91 Å². The van der Waals surface area contributed by atoms with E-state index in [2.05, 4.69) is 22.2 Å². The molecule has 1 aliphatic rings. The monoisotopic (exact) mass is 270 g/mol. The van der Waals surface area contributed by atoms with Crippen LogP contribution >= 0.6 is 11.3 Å². The van der Waals surface area contributed by atoms with Crippen LogP contribution in [0.25, 0.3) is 0 Å². The lowest BCUT2D eigenvalue weighted by molar-refractivity contribution is 0.0952. The highest BCUT2D eigenvalue weighted by molar-refractivity contribution is 7.11. The van der Waals surface area contributed by atoms with Crippen molar-refractivity contribution in [3.63, 3.8) is 0 Å². The number of aromatic nitrogens is 1. The minimum Gasteiger partial charge on any atom is -0.395 e. The van der Waals surface area contributed by atoms with Crippen LogP contribution < -0.4 is 11.3 Å². The summed E-state index contributed by atoms with van der Waals surface area (Å²) in [5.74, 6) is 5.20. The molecule has 0 saturated carbocycles. The van der Waals surface area contributed by atoms with Crippen molar-refractivity contribution in [3.8, 4) is 0 Å². The maximum absolute atomic E-state index is 11.3. The molecule has 0 bridgehead atoms. The molecule has 0 aliphatic carbocycles. The Kier molecular flexibility index (Phi) is 4.28. The highest BCUT2D eigenvalue weighted by atomic mass is 32.1. The molecule has 4 N–H and O–H groups in total. The number of amides is 1. The maximum atomic E-state index is 11.3. The van der Waals surface area contributed by atoms with Crippen LogP contribution in [0.4, 0.5) is 0 Å². The van der Waals surface area contributed by atoms with Crippen LogP contribution in [0.3, 0.4) is 0 Å². The van der Waals surface area contributed by atoms with Gasteiger partial charge in [-0.25, -0.2) is 10.8 Å². The van der Waals surface area contributed by atoms with Gasteiger partial charge in [0.15, 0.2) is 5.01 Å². The number of hydrogen-bond donors (Lipinski definition) is 3. The molecular formula is C11H18N4O2S. The van der Waals surface area contributed by atoms with Crippen molar-refractivity contribution in [1.82, 2.24) is 15.3 Å². The van der Waals surface area contributed by atoms with Crippen LogP contribution in [-0.2, 0) is 6.54 Å². The Morgan fingerprint density at radius 3 is 3.22 bits per heavy atom. The number of rotatable bonds is 4. The number of aliphatic hydroxyl groups excluding tert-OH is 1. The third kappa shape index (κ3) is 2.69. The van der Waals surface area contributed by atoms with E-state index in [1.165, 1.54) is 11.3 Å². The van der Waals surface area contributed by atoms with Gasteiger partial charge in [-0.2, -0.15) is 0 Å². The molecule has 2 atom stereocenters. The molecule has 2 unspecified atom stereocenters. The largest absolute Gasteiger partial charge is 0.395 e. The number of carbonyl (C=O) groups excluding carboxylic acids is 1. The molecule has 0 spiro atoms. The number of likely N-dealkylation sites (tertiary alicyclic amines) is 1.